The van der Waals surface area contributed by atoms with E-state index in [0.29, 0.717) is 55.8 Å². The van der Waals surface area contributed by atoms with Crippen LogP contribution in [0.1, 0.15) is 60.5 Å². The van der Waals surface area contributed by atoms with E-state index in [1.54, 1.807) is 41.8 Å². The second-order valence-electron chi connectivity index (χ2n) is 10.7. The van der Waals surface area contributed by atoms with Gasteiger partial charge >= 0.3 is 5.69 Å². The summed E-state index contributed by atoms with van der Waals surface area (Å²) in [6, 6.07) is 8.10. The molecule has 1 aliphatic rings. The van der Waals surface area contributed by atoms with Gasteiger partial charge in [-0.2, -0.15) is 0 Å². The molecule has 1 aliphatic heterocycles. The van der Waals surface area contributed by atoms with Crippen LogP contribution >= 0.6 is 0 Å². The Kier molecular flexibility index (Phi) is 9.96. The summed E-state index contributed by atoms with van der Waals surface area (Å²) in [4.78, 5) is 30.6. The zero-order valence-electron chi connectivity index (χ0n) is 23.5. The Morgan fingerprint density at radius 3 is 2.08 bits per heavy atom. The Bertz CT molecular complexity index is 1210. The molecule has 1 N–H and O–H groups in total. The molecule has 2 unspecified atom stereocenters. The van der Waals surface area contributed by atoms with Crippen LogP contribution in [0.25, 0.3) is 0 Å². The largest absolute Gasteiger partial charge is 0.485 e. The van der Waals surface area contributed by atoms with Crippen molar-refractivity contribution in [3.05, 3.63) is 51.2 Å². The Labute approximate surface area is 227 Å². The fourth-order valence-corrected chi connectivity index (χ4v) is 5.26. The molecule has 1 aromatic heterocycles. The van der Waals surface area contributed by atoms with Crippen molar-refractivity contribution < 1.29 is 18.2 Å². The number of ether oxygens (including phenoxy) is 1. The number of rotatable bonds is 11. The molecule has 0 amide bonds. The van der Waals surface area contributed by atoms with Crippen molar-refractivity contribution in [2.24, 2.45) is 0 Å². The molecular formula is C27H42N4O6S. The van der Waals surface area contributed by atoms with E-state index in [4.69, 9.17) is 8.92 Å². The minimum Gasteiger partial charge on any atom is -0.485 e. The quantitative estimate of drug-likeness (QED) is 0.455. The summed E-state index contributed by atoms with van der Waals surface area (Å²) < 4.78 is 26.2. The number of β-amino-alcohol motifs (C(OH)–C–C–N with tert-alkyl or cyclic N) is 1. The lowest BCUT2D eigenvalue weighted by Gasteiger charge is -2.40. The molecule has 1 aromatic carbocycles. The van der Waals surface area contributed by atoms with Crippen LogP contribution < -0.4 is 20.9 Å². The summed E-state index contributed by atoms with van der Waals surface area (Å²) in [7, 11) is 0. The van der Waals surface area contributed by atoms with Crippen molar-refractivity contribution in [3.63, 3.8) is 0 Å². The van der Waals surface area contributed by atoms with Crippen molar-refractivity contribution in [2.45, 2.75) is 77.2 Å². The van der Waals surface area contributed by atoms with Crippen LogP contribution in [0.3, 0.4) is 0 Å². The fraction of sp³-hybridized carbons (Fsp3) is 0.630. The summed E-state index contributed by atoms with van der Waals surface area (Å²) in [6.45, 7) is 16.4. The van der Waals surface area contributed by atoms with Crippen LogP contribution in [0.2, 0.25) is 0 Å². The minimum absolute atomic E-state index is 0.0888. The zero-order valence-corrected chi connectivity index (χ0v) is 24.4. The monoisotopic (exact) mass is 550 g/mol. The Morgan fingerprint density at radius 1 is 0.974 bits per heavy atom. The molecule has 0 aliphatic carbocycles. The van der Waals surface area contributed by atoms with E-state index < -0.39 is 22.8 Å². The third-order valence-electron chi connectivity index (χ3n) is 6.73. The topological polar surface area (TPSA) is 106 Å². The first-order valence-corrected chi connectivity index (χ1v) is 14.3. The number of anilines is 1. The van der Waals surface area contributed by atoms with Crippen LogP contribution in [-0.2, 0) is 15.3 Å². The van der Waals surface area contributed by atoms with Crippen molar-refractivity contribution in [1.29, 1.82) is 0 Å². The molecule has 11 heteroatoms. The van der Waals surface area contributed by atoms with Crippen molar-refractivity contribution in [3.8, 4) is 5.75 Å². The van der Waals surface area contributed by atoms with Crippen LogP contribution in [0.15, 0.2) is 44.8 Å². The molecule has 2 atom stereocenters. The highest BCUT2D eigenvalue weighted by Gasteiger charge is 2.33. The summed E-state index contributed by atoms with van der Waals surface area (Å²) >= 11 is -1.51. The lowest BCUT2D eigenvalue weighted by atomic mass is 10.0. The van der Waals surface area contributed by atoms with E-state index in [0.717, 1.165) is 0 Å². The average Bonchev–Trinajstić information content (AvgIpc) is 2.84. The second-order valence-corrected chi connectivity index (χ2v) is 11.8. The summed E-state index contributed by atoms with van der Waals surface area (Å²) in [5.41, 5.74) is -1.44. The first kappa shape index (κ1) is 30.1. The maximum absolute atomic E-state index is 13.1. The van der Waals surface area contributed by atoms with Gasteiger partial charge in [-0.05, 0) is 72.7 Å². The molecular weight excluding hydrogens is 508 g/mol. The molecule has 0 spiro atoms. The summed E-state index contributed by atoms with van der Waals surface area (Å²) in [6.07, 6.45) is -0.768. The van der Waals surface area contributed by atoms with Crippen LogP contribution in [-0.4, -0.2) is 74.4 Å². The van der Waals surface area contributed by atoms with E-state index >= 15 is 0 Å². The van der Waals surface area contributed by atoms with Gasteiger partial charge in [0.05, 0.1) is 11.5 Å². The van der Waals surface area contributed by atoms with Crippen molar-refractivity contribution in [1.82, 2.24) is 14.0 Å². The minimum atomic E-state index is -1.51. The maximum atomic E-state index is 13.1. The highest BCUT2D eigenvalue weighted by molar-refractivity contribution is 7.80. The van der Waals surface area contributed by atoms with E-state index in [2.05, 4.69) is 9.80 Å². The standard InChI is InChI=1S/C27H42N4O6S/c1-8-36-38(35)22-11-9-21(10-12-22)37-27(6,7)23(32)18-28-13-15-29(16-14-28)24-17-25(33)31(20(4)5)26(34)30(24)19(2)3/h9-12,17,19-20,23,32H,8,13-16,18H2,1-7H3. The molecule has 10 nitrogen and oxygen atoms in total. The number of benzene rings is 1. The van der Waals surface area contributed by atoms with Gasteiger partial charge in [0.25, 0.3) is 5.56 Å². The maximum Gasteiger partial charge on any atom is 0.333 e. The second kappa shape index (κ2) is 12.6. The molecule has 3 rings (SSSR count). The number of aliphatic hydroxyl groups excluding tert-OH is 1. The molecule has 38 heavy (non-hydrogen) atoms. The predicted octanol–water partition coefficient (Wildman–Crippen LogP) is 2.57. The molecule has 212 valence electrons. The SMILES string of the molecule is CCOS(=O)c1ccc(OC(C)(C)C(O)CN2CCN(c3cc(=O)n(C(C)C)c(=O)n3C(C)C)CC2)cc1. The van der Waals surface area contributed by atoms with Crippen molar-refractivity contribution in [2.75, 3.05) is 44.2 Å². The van der Waals surface area contributed by atoms with Gasteiger partial charge in [0.15, 0.2) is 11.1 Å². The summed E-state index contributed by atoms with van der Waals surface area (Å²) in [5, 5.41) is 11.0. The lowest BCUT2D eigenvalue weighted by Crippen LogP contribution is -2.54. The molecule has 1 saturated heterocycles. The van der Waals surface area contributed by atoms with Gasteiger partial charge < -0.3 is 14.7 Å². The van der Waals surface area contributed by atoms with Gasteiger partial charge in [0, 0.05) is 50.9 Å². The van der Waals surface area contributed by atoms with Gasteiger partial charge in [-0.1, -0.05) is 0 Å². The van der Waals surface area contributed by atoms with E-state index in [-0.39, 0.29) is 23.3 Å². The number of piperazine rings is 1. The van der Waals surface area contributed by atoms with Crippen LogP contribution in [0, 0.1) is 0 Å². The van der Waals surface area contributed by atoms with Crippen LogP contribution in [0.5, 0.6) is 5.75 Å². The molecule has 0 bridgehead atoms. The highest BCUT2D eigenvalue weighted by atomic mass is 32.2. The number of aliphatic hydroxyl groups is 1. The smallest absolute Gasteiger partial charge is 0.333 e. The van der Waals surface area contributed by atoms with Gasteiger partial charge in [-0.3, -0.25) is 23.0 Å². The Balaban J connectivity index is 1.64. The predicted molar refractivity (Wildman–Crippen MR) is 150 cm³/mol. The Hall–Kier alpha value is -2.47. The van der Waals surface area contributed by atoms with Gasteiger partial charge in [-0.15, -0.1) is 0 Å². The van der Waals surface area contributed by atoms with E-state index in [9.17, 15) is 18.9 Å². The average molecular weight is 551 g/mol. The molecule has 0 saturated carbocycles. The summed E-state index contributed by atoms with van der Waals surface area (Å²) in [5.74, 6) is 1.21. The number of hydrogen-bond donors (Lipinski definition) is 1. The molecule has 0 radical (unpaired) electrons. The van der Waals surface area contributed by atoms with Gasteiger partial charge in [0.2, 0.25) is 0 Å². The fourth-order valence-electron chi connectivity index (χ4n) is 4.55. The number of aromatic nitrogens is 2. The highest BCUT2D eigenvalue weighted by Crippen LogP contribution is 2.24. The zero-order chi connectivity index (χ0) is 28.2. The number of nitrogens with zero attached hydrogens (tertiary/aromatic N) is 4. The van der Waals surface area contributed by atoms with E-state index in [1.807, 2.05) is 41.5 Å². The van der Waals surface area contributed by atoms with Gasteiger partial charge in [-0.25, -0.2) is 9.00 Å². The molecule has 1 fully saturated rings. The molecule has 2 aromatic rings. The van der Waals surface area contributed by atoms with Crippen LogP contribution in [0.4, 0.5) is 5.82 Å². The normalized spacial score (nSPS) is 16.7. The third kappa shape index (κ3) is 6.93. The third-order valence-corrected chi connectivity index (χ3v) is 7.84. The lowest BCUT2D eigenvalue weighted by molar-refractivity contribution is -0.0450. The van der Waals surface area contributed by atoms with E-state index in [1.165, 1.54) is 4.57 Å². The van der Waals surface area contributed by atoms with Crippen molar-refractivity contribution >= 4 is 16.9 Å². The Morgan fingerprint density at radius 2 is 1.55 bits per heavy atom. The first-order valence-electron chi connectivity index (χ1n) is 13.2. The van der Waals surface area contributed by atoms with Gasteiger partial charge in [0.1, 0.15) is 23.3 Å². The number of hydrogen-bond acceptors (Lipinski definition) is 8. The molecule has 2 heterocycles. The first-order chi connectivity index (χ1) is 17.9.